The number of benzene rings is 2. The summed E-state index contributed by atoms with van der Waals surface area (Å²) in [5.41, 5.74) is 2.32. The second kappa shape index (κ2) is 11.4. The van der Waals surface area contributed by atoms with Crippen LogP contribution in [0.5, 0.6) is 17.2 Å². The van der Waals surface area contributed by atoms with Crippen molar-refractivity contribution < 1.29 is 32.3 Å². The van der Waals surface area contributed by atoms with Crippen LogP contribution in [0.15, 0.2) is 53.4 Å². The van der Waals surface area contributed by atoms with Crippen LogP contribution in [-0.2, 0) is 24.2 Å². The highest BCUT2D eigenvalue weighted by atomic mass is 32.2. The van der Waals surface area contributed by atoms with Crippen LogP contribution in [0, 0.1) is 5.41 Å². The highest BCUT2D eigenvalue weighted by Gasteiger charge is 2.60. The van der Waals surface area contributed by atoms with Crippen LogP contribution in [0.2, 0.25) is 0 Å². The second-order valence-corrected chi connectivity index (χ2v) is 13.3. The summed E-state index contributed by atoms with van der Waals surface area (Å²) in [6, 6.07) is 13.4. The number of carbonyl (C=O) groups excluding carboxylic acids is 1. The fourth-order valence-electron chi connectivity index (χ4n) is 6.02. The fraction of sp³-hybridized carbons (Fsp3) is 0.552. The third-order valence-electron chi connectivity index (χ3n) is 8.55. The predicted octanol–water partition coefficient (Wildman–Crippen LogP) is 4.47. The van der Waals surface area contributed by atoms with E-state index in [4.69, 9.17) is 19.0 Å². The van der Waals surface area contributed by atoms with Crippen molar-refractivity contribution in [2.24, 2.45) is 5.41 Å². The molecule has 3 aliphatic rings. The van der Waals surface area contributed by atoms with Crippen LogP contribution >= 0.6 is 0 Å². The van der Waals surface area contributed by atoms with Gasteiger partial charge in [0.2, 0.25) is 0 Å². The Hall–Kier alpha value is -2.66. The van der Waals surface area contributed by atoms with Gasteiger partial charge in [-0.1, -0.05) is 0 Å². The Morgan fingerprint density at radius 1 is 0.949 bits per heavy atom. The van der Waals surface area contributed by atoms with Gasteiger partial charge in [0.1, 0.15) is 17.2 Å². The second-order valence-electron chi connectivity index (χ2n) is 11.1. The van der Waals surface area contributed by atoms with Gasteiger partial charge in [-0.3, -0.25) is 4.79 Å². The summed E-state index contributed by atoms with van der Waals surface area (Å²) in [4.78, 5) is 21.7. The van der Waals surface area contributed by atoms with E-state index in [0.717, 1.165) is 38.8 Å². The Morgan fingerprint density at radius 3 is 2.21 bits per heavy atom. The molecule has 2 atom stereocenters. The van der Waals surface area contributed by atoms with Gasteiger partial charge in [0.05, 0.1) is 12.0 Å². The summed E-state index contributed by atoms with van der Waals surface area (Å²) in [6.45, 7) is 2.34. The van der Waals surface area contributed by atoms with Gasteiger partial charge >= 0.3 is 0 Å². The van der Waals surface area contributed by atoms with Crippen molar-refractivity contribution in [1.29, 1.82) is 0 Å². The predicted molar refractivity (Wildman–Crippen MR) is 145 cm³/mol. The van der Waals surface area contributed by atoms with Gasteiger partial charge in [-0.15, -0.1) is 0 Å². The molecule has 1 amide bonds. The van der Waals surface area contributed by atoms with Crippen LogP contribution in [-0.4, -0.2) is 64.1 Å². The van der Waals surface area contributed by atoms with Crippen LogP contribution in [0.25, 0.3) is 0 Å². The first kappa shape index (κ1) is 27.9. The van der Waals surface area contributed by atoms with Gasteiger partial charge in [0.15, 0.2) is 20.9 Å². The molecule has 2 aromatic rings. The maximum Gasteiger partial charge on any atom is 0.265 e. The van der Waals surface area contributed by atoms with Crippen LogP contribution in [0.3, 0.4) is 0 Å². The Morgan fingerprint density at radius 2 is 1.59 bits per heavy atom. The molecular formula is C29H38N2O7S. The maximum atomic E-state index is 14.3. The van der Waals surface area contributed by atoms with Gasteiger partial charge in [0, 0.05) is 13.0 Å². The third-order valence-corrected chi connectivity index (χ3v) is 11.0. The van der Waals surface area contributed by atoms with Crippen molar-refractivity contribution in [2.45, 2.75) is 67.3 Å². The number of likely N-dealkylation sites (tertiary alicyclic amines) is 1. The number of ether oxygens (including phenoxy) is 3. The summed E-state index contributed by atoms with van der Waals surface area (Å²) >= 11 is 0. The summed E-state index contributed by atoms with van der Waals surface area (Å²) in [6.07, 6.45) is 4.94. The molecule has 10 heteroatoms. The molecule has 2 unspecified atom stereocenters. The monoisotopic (exact) mass is 558 g/mol. The first-order valence-electron chi connectivity index (χ1n) is 13.7. The summed E-state index contributed by atoms with van der Waals surface area (Å²) in [5.74, 6) is 1.20. The quantitative estimate of drug-likeness (QED) is 0.474. The molecular weight excluding hydrogens is 520 g/mol. The lowest BCUT2D eigenvalue weighted by Crippen LogP contribution is -2.53. The zero-order valence-corrected chi connectivity index (χ0v) is 23.5. The Bertz CT molecular complexity index is 1240. The van der Waals surface area contributed by atoms with Gasteiger partial charge in [-0.25, -0.2) is 18.7 Å². The van der Waals surface area contributed by atoms with E-state index in [1.54, 1.807) is 43.5 Å². The lowest BCUT2D eigenvalue weighted by Gasteiger charge is -2.39. The molecule has 2 heterocycles. The average Bonchev–Trinajstić information content (AvgIpc) is 3.36. The zero-order valence-electron chi connectivity index (χ0n) is 22.7. The number of rotatable bonds is 8. The first-order chi connectivity index (χ1) is 18.8. The molecule has 2 saturated heterocycles. The molecule has 3 fully saturated rings. The molecule has 9 nitrogen and oxygen atoms in total. The molecule has 1 spiro atoms. The standard InChI is InChI=1S/C29H38N2O7S/c1-31-18-16-28(17-19-31)14-15-29(21-28,27(32)30-38-26-5-3-4-20-36-26)39(33,34)25-12-10-24(11-13-25)37-23-8-6-22(35-2)7-9-23/h6-13,26H,3-5,14-21H2,1-2H3,(H,30,32). The van der Waals surface area contributed by atoms with Crippen molar-refractivity contribution in [3.63, 3.8) is 0 Å². The maximum absolute atomic E-state index is 14.3. The van der Waals surface area contributed by atoms with Gasteiger partial charge in [-0.2, -0.15) is 0 Å². The van der Waals surface area contributed by atoms with E-state index in [1.165, 1.54) is 12.1 Å². The van der Waals surface area contributed by atoms with E-state index < -0.39 is 26.8 Å². The average molecular weight is 559 g/mol. The molecule has 1 saturated carbocycles. The van der Waals surface area contributed by atoms with Crippen molar-refractivity contribution >= 4 is 15.7 Å². The topological polar surface area (TPSA) is 103 Å². The molecule has 1 N–H and O–H groups in total. The summed E-state index contributed by atoms with van der Waals surface area (Å²) in [5, 5.41) is 0. The SMILES string of the molecule is COc1ccc(Oc2ccc(S(=O)(=O)C3(C(=O)NOC4CCCCO4)CCC4(CCN(C)CC4)C3)cc2)cc1. The number of piperidine rings is 1. The van der Waals surface area contributed by atoms with Gasteiger partial charge < -0.3 is 19.1 Å². The van der Waals surface area contributed by atoms with Crippen molar-refractivity contribution in [2.75, 3.05) is 33.9 Å². The third kappa shape index (κ3) is 5.79. The van der Waals surface area contributed by atoms with Crippen molar-refractivity contribution in [1.82, 2.24) is 10.4 Å². The van der Waals surface area contributed by atoms with E-state index in [-0.39, 0.29) is 23.2 Å². The van der Waals surface area contributed by atoms with E-state index in [9.17, 15) is 13.2 Å². The molecule has 2 aromatic carbocycles. The first-order valence-corrected chi connectivity index (χ1v) is 15.2. The summed E-state index contributed by atoms with van der Waals surface area (Å²) < 4.78 is 43.6. The smallest absolute Gasteiger partial charge is 0.265 e. The Labute approximate surface area is 230 Å². The van der Waals surface area contributed by atoms with E-state index >= 15 is 0 Å². The molecule has 0 bridgehead atoms. The van der Waals surface area contributed by atoms with Gasteiger partial charge in [0.25, 0.3) is 5.91 Å². The molecule has 0 aromatic heterocycles. The molecule has 5 rings (SSSR count). The van der Waals surface area contributed by atoms with Crippen LogP contribution < -0.4 is 15.0 Å². The Kier molecular flexibility index (Phi) is 8.19. The number of hydroxylamine groups is 1. The highest BCUT2D eigenvalue weighted by molar-refractivity contribution is 7.93. The number of hydrogen-bond acceptors (Lipinski definition) is 8. The Balaban J connectivity index is 1.38. The van der Waals surface area contributed by atoms with Crippen LogP contribution in [0.1, 0.15) is 51.4 Å². The van der Waals surface area contributed by atoms with Crippen LogP contribution in [0.4, 0.5) is 0 Å². The number of nitrogens with zero attached hydrogens (tertiary/aromatic N) is 1. The van der Waals surface area contributed by atoms with E-state index in [0.29, 0.717) is 36.7 Å². The number of sulfone groups is 1. The lowest BCUT2D eigenvalue weighted by atomic mass is 9.76. The molecule has 39 heavy (non-hydrogen) atoms. The summed E-state index contributed by atoms with van der Waals surface area (Å²) in [7, 11) is -0.389. The van der Waals surface area contributed by atoms with E-state index in [1.807, 2.05) is 0 Å². The molecule has 1 aliphatic carbocycles. The number of amides is 1. The normalized spacial score (nSPS) is 25.3. The molecule has 0 radical (unpaired) electrons. The minimum atomic E-state index is -4.06. The van der Waals surface area contributed by atoms with Crippen molar-refractivity contribution in [3.8, 4) is 17.2 Å². The number of carbonyl (C=O) groups is 1. The minimum absolute atomic E-state index is 0.0959. The minimum Gasteiger partial charge on any atom is -0.497 e. The number of nitrogens with one attached hydrogen (secondary N) is 1. The zero-order chi connectivity index (χ0) is 27.5. The lowest BCUT2D eigenvalue weighted by molar-refractivity contribution is -0.201. The largest absolute Gasteiger partial charge is 0.497 e. The molecule has 2 aliphatic heterocycles. The number of methoxy groups -OCH3 is 1. The number of hydrogen-bond donors (Lipinski definition) is 1. The van der Waals surface area contributed by atoms with E-state index in [2.05, 4.69) is 17.4 Å². The fourth-order valence-corrected chi connectivity index (χ4v) is 8.12. The van der Waals surface area contributed by atoms with Gasteiger partial charge in [-0.05, 0) is 119 Å². The molecule has 212 valence electrons. The highest BCUT2D eigenvalue weighted by Crippen LogP contribution is 2.55. The van der Waals surface area contributed by atoms with Crippen molar-refractivity contribution in [3.05, 3.63) is 48.5 Å².